The van der Waals surface area contributed by atoms with E-state index in [1.54, 1.807) is 6.08 Å². The van der Waals surface area contributed by atoms with Crippen LogP contribution < -0.4 is 0 Å². The van der Waals surface area contributed by atoms with Gasteiger partial charge in [-0.1, -0.05) is 79.9 Å². The first-order valence-electron chi connectivity index (χ1n) is 10.8. The molecule has 2 atom stereocenters. The van der Waals surface area contributed by atoms with Gasteiger partial charge in [0, 0.05) is 12.8 Å². The minimum Gasteiger partial charge on any atom is -0.469 e. The van der Waals surface area contributed by atoms with Gasteiger partial charge >= 0.3 is 20.1 Å². The Kier molecular flexibility index (Phi) is 17.5. The second kappa shape index (κ2) is 18.8. The van der Waals surface area contributed by atoms with Crippen molar-refractivity contribution in [3.63, 3.8) is 0 Å². The molecule has 1 aromatic rings. The van der Waals surface area contributed by atoms with Crippen LogP contribution in [-0.2, 0) is 16.0 Å². The second-order valence-electron chi connectivity index (χ2n) is 7.68. The largest absolute Gasteiger partial charge is 0.469 e. The van der Waals surface area contributed by atoms with Crippen LogP contribution in [0.4, 0.5) is 0 Å². The molecule has 1 aromatic carbocycles. The molecule has 0 unspecified atom stereocenters. The molecule has 0 aliphatic rings. The van der Waals surface area contributed by atoms with E-state index >= 15 is 0 Å². The maximum atomic E-state index is 10.9. The van der Waals surface area contributed by atoms with Gasteiger partial charge in [-0.05, 0) is 42.7 Å². The summed E-state index contributed by atoms with van der Waals surface area (Å²) in [5.74, 6) is 11.1. The number of ether oxygens (including phenoxy) is 1. The smallest absolute Gasteiger partial charge is 0.369 e. The van der Waals surface area contributed by atoms with E-state index in [0.717, 1.165) is 25.7 Å². The highest BCUT2D eigenvalue weighted by molar-refractivity contribution is 6.64. The van der Waals surface area contributed by atoms with E-state index in [-0.39, 0.29) is 5.97 Å². The third kappa shape index (κ3) is 16.7. The summed E-state index contributed by atoms with van der Waals surface area (Å²) in [4.78, 5) is 14.2. The van der Waals surface area contributed by atoms with Crippen molar-refractivity contribution in [2.45, 2.75) is 57.5 Å². The third-order valence-electron chi connectivity index (χ3n) is 4.66. The fourth-order valence-corrected chi connectivity index (χ4v) is 3.15. The molecule has 0 spiro atoms. The quantitative estimate of drug-likeness (QED) is 0.204. The molecule has 0 saturated carbocycles. The summed E-state index contributed by atoms with van der Waals surface area (Å²) in [6.45, 7) is 4.36. The van der Waals surface area contributed by atoms with Crippen molar-refractivity contribution in [2.24, 2.45) is 11.8 Å². The van der Waals surface area contributed by atoms with E-state index in [9.17, 15) is 4.79 Å². The zero-order valence-electron chi connectivity index (χ0n) is 19.4. The van der Waals surface area contributed by atoms with Gasteiger partial charge in [0.1, 0.15) is 0 Å². The molecule has 3 heteroatoms. The summed E-state index contributed by atoms with van der Waals surface area (Å²) in [6.07, 6.45) is 17.3. The predicted octanol–water partition coefficient (Wildman–Crippen LogP) is 6.26. The average Bonchev–Trinajstić information content (AvgIpc) is 2.75. The molecule has 0 aliphatic heterocycles. The number of hydrogen-bond acceptors (Lipinski definition) is 2. The molecule has 160 valence electrons. The Morgan fingerprint density at radius 3 is 2.50 bits per heavy atom. The lowest BCUT2D eigenvalue weighted by molar-refractivity contribution is -0.140. The number of esters is 1. The second-order valence-corrected chi connectivity index (χ2v) is 10.3. The van der Waals surface area contributed by atoms with Crippen LogP contribution >= 0.6 is 0 Å². The number of aryl methyl sites for hydroxylation is 1. The normalized spacial score (nSPS) is 12.1. The minimum absolute atomic E-state index is 0.127. The summed E-state index contributed by atoms with van der Waals surface area (Å²) in [5, 5.41) is 0. The Morgan fingerprint density at radius 1 is 1.20 bits per heavy atom. The van der Waals surface area contributed by atoms with Gasteiger partial charge in [-0.25, -0.2) is 4.78 Å². The number of rotatable bonds is 9. The molecule has 0 radical (unpaired) electrons. The van der Waals surface area contributed by atoms with Crippen molar-refractivity contribution in [2.75, 3.05) is 7.11 Å². The lowest BCUT2D eigenvalue weighted by Gasteiger charge is -2.15. The zero-order valence-corrected chi connectivity index (χ0v) is 20.5. The van der Waals surface area contributed by atoms with Gasteiger partial charge in [-0.3, -0.25) is 4.79 Å². The van der Waals surface area contributed by atoms with E-state index < -0.39 is 14.1 Å². The predicted molar refractivity (Wildman–Crippen MR) is 131 cm³/mol. The number of hydrogen-bond donors (Lipinski definition) is 0. The van der Waals surface area contributed by atoms with E-state index in [0.29, 0.717) is 18.3 Å². The minimum atomic E-state index is -0.657. The number of terminal acetylenes is 1. The molecule has 0 bridgehead atoms. The highest BCUT2D eigenvalue weighted by Crippen LogP contribution is 2.19. The molecule has 0 amide bonds. The van der Waals surface area contributed by atoms with Crippen LogP contribution in [0.15, 0.2) is 54.6 Å². The van der Waals surface area contributed by atoms with Crippen molar-refractivity contribution in [3.05, 3.63) is 60.2 Å². The van der Waals surface area contributed by atoms with Crippen LogP contribution in [0, 0.1) is 34.9 Å². The number of allylic oxidation sites excluding steroid dienone is 4. The SMILES string of the molecule is C#C/C=C/C=C/[C@@H](C)[C@@H](C)CCCC(=O)OC.[CH3][Al]([CH3])[C]#CCCc1ccccc1. The van der Waals surface area contributed by atoms with Crippen molar-refractivity contribution in [3.8, 4) is 23.0 Å². The number of benzene rings is 1. The lowest BCUT2D eigenvalue weighted by atomic mass is 9.90. The maximum Gasteiger partial charge on any atom is 0.369 e. The molecule has 2 nitrogen and oxygen atoms in total. The molecule has 0 saturated heterocycles. The maximum absolute atomic E-state index is 10.9. The Morgan fingerprint density at radius 2 is 1.90 bits per heavy atom. The van der Waals surface area contributed by atoms with E-state index in [1.807, 2.05) is 12.2 Å². The molecule has 30 heavy (non-hydrogen) atoms. The van der Waals surface area contributed by atoms with Crippen molar-refractivity contribution < 1.29 is 9.53 Å². The molecular formula is C27H37AlO2. The Hall–Kier alpha value is -2.18. The zero-order chi connectivity index (χ0) is 22.6. The van der Waals surface area contributed by atoms with Crippen LogP contribution in [0.5, 0.6) is 0 Å². The van der Waals surface area contributed by atoms with Crippen LogP contribution in [0.2, 0.25) is 11.6 Å². The summed E-state index contributed by atoms with van der Waals surface area (Å²) < 4.78 is 4.60. The number of carbonyl (C=O) groups is 1. The summed E-state index contributed by atoms with van der Waals surface area (Å²) in [7, 11) is 1.43. The summed E-state index contributed by atoms with van der Waals surface area (Å²) in [5.41, 5.74) is 1.39. The fraction of sp³-hybridized carbons (Fsp3) is 0.444. The molecule has 0 fully saturated rings. The van der Waals surface area contributed by atoms with E-state index in [1.165, 1.54) is 12.7 Å². The van der Waals surface area contributed by atoms with E-state index in [4.69, 9.17) is 6.42 Å². The monoisotopic (exact) mass is 420 g/mol. The Balaban J connectivity index is 0.000000579. The molecule has 0 aliphatic carbocycles. The van der Waals surface area contributed by atoms with Crippen LogP contribution in [0.1, 0.15) is 45.1 Å². The molecule has 0 aromatic heterocycles. The Labute approximate surface area is 189 Å². The van der Waals surface area contributed by atoms with Gasteiger partial charge in [-0.15, -0.1) is 12.3 Å². The van der Waals surface area contributed by atoms with Gasteiger partial charge < -0.3 is 4.74 Å². The van der Waals surface area contributed by atoms with E-state index in [2.05, 4.69) is 83.2 Å². The standard InChI is InChI=1S/C15H22O2.C10H9.2CH3.Al/c1-5-6-7-8-10-13(2)14(3)11-9-12-15(16)17-4;1-2-3-7-10-8-5-4-6-9-10;;;/h1,6-8,10,13-14H,9,11-12H2,2-4H3;4-6,8-9H,3,7H2;2*1H3;/b7-6+,10-8+;;;;/t13-,14+;;;;/m1..../s1. The van der Waals surface area contributed by atoms with Crippen LogP contribution in [-0.4, -0.2) is 27.2 Å². The van der Waals surface area contributed by atoms with Gasteiger partial charge in [0.2, 0.25) is 0 Å². The van der Waals surface area contributed by atoms with Crippen molar-refractivity contribution in [1.82, 2.24) is 0 Å². The molecular weight excluding hydrogens is 383 g/mol. The fourth-order valence-electron chi connectivity index (χ4n) is 2.60. The highest BCUT2D eigenvalue weighted by atomic mass is 27.2. The number of carbonyl (C=O) groups excluding carboxylic acids is 1. The van der Waals surface area contributed by atoms with Crippen LogP contribution in [0.3, 0.4) is 0 Å². The topological polar surface area (TPSA) is 26.3 Å². The van der Waals surface area contributed by atoms with Crippen molar-refractivity contribution in [1.29, 1.82) is 0 Å². The van der Waals surface area contributed by atoms with Crippen molar-refractivity contribution >= 4 is 20.1 Å². The van der Waals surface area contributed by atoms with Gasteiger partial charge in [-0.2, -0.15) is 0 Å². The Bertz CT molecular complexity index is 730. The highest BCUT2D eigenvalue weighted by Gasteiger charge is 2.09. The summed E-state index contributed by atoms with van der Waals surface area (Å²) in [6, 6.07) is 10.5. The molecule has 0 heterocycles. The first kappa shape index (κ1) is 27.8. The number of methoxy groups -OCH3 is 1. The van der Waals surface area contributed by atoms with Gasteiger partial charge in [0.05, 0.1) is 7.11 Å². The first-order valence-corrected chi connectivity index (χ1v) is 13.7. The van der Waals surface area contributed by atoms with Gasteiger partial charge in [0.15, 0.2) is 0 Å². The average molecular weight is 421 g/mol. The first-order chi connectivity index (χ1) is 14.4. The van der Waals surface area contributed by atoms with Crippen LogP contribution in [0.25, 0.3) is 0 Å². The summed E-state index contributed by atoms with van der Waals surface area (Å²) >= 11 is -0.657. The van der Waals surface area contributed by atoms with Gasteiger partial charge in [0.25, 0.3) is 0 Å². The molecule has 0 N–H and O–H groups in total. The third-order valence-corrected chi connectivity index (χ3v) is 5.44. The molecule has 1 rings (SSSR count). The lowest BCUT2D eigenvalue weighted by Crippen LogP contribution is -2.07.